The molecule has 0 aliphatic heterocycles. The second-order valence-corrected chi connectivity index (χ2v) is 1.44. The van der Waals surface area contributed by atoms with Crippen molar-refractivity contribution in [2.24, 2.45) is 0 Å². The molecule has 0 rings (SSSR count). The average Bonchev–Trinajstić information content (AvgIpc) is 1.88. The summed E-state index contributed by atoms with van der Waals surface area (Å²) < 4.78 is 4.16. The maximum Gasteiger partial charge on any atom is 0.338 e. The van der Waals surface area contributed by atoms with E-state index in [4.69, 9.17) is 0 Å². The van der Waals surface area contributed by atoms with Crippen LogP contribution in [0, 0.1) is 0 Å². The number of esters is 2. The van der Waals surface area contributed by atoms with Crippen molar-refractivity contribution in [2.75, 3.05) is 0 Å². The summed E-state index contributed by atoms with van der Waals surface area (Å²) >= 11 is 0. The summed E-state index contributed by atoms with van der Waals surface area (Å²) in [4.78, 5) is 20.7. The van der Waals surface area contributed by atoms with Crippen LogP contribution in [0.4, 0.5) is 0 Å². The summed E-state index contributed by atoms with van der Waals surface area (Å²) in [5.74, 6) is -1.41. The molecule has 0 heterocycles. The van der Waals surface area contributed by atoms with Crippen LogP contribution in [0.5, 0.6) is 0 Å². The fourth-order valence-corrected chi connectivity index (χ4v) is 0.311. The van der Waals surface area contributed by atoms with Crippen LogP contribution in [0.1, 0.15) is 6.92 Å². The first-order valence-electron chi connectivity index (χ1n) is 2.71. The van der Waals surface area contributed by atoms with E-state index < -0.39 is 11.9 Å². The van der Waals surface area contributed by atoms with Crippen LogP contribution in [0.2, 0.25) is 0 Å². The topological polar surface area (TPSA) is 43.4 Å². The maximum atomic E-state index is 10.4. The molecule has 0 saturated heterocycles. The largest absolute Gasteiger partial charge is 0.387 e. The Hall–Kier alpha value is -1.38. The summed E-state index contributed by atoms with van der Waals surface area (Å²) in [6.45, 7) is 4.78. The lowest BCUT2D eigenvalue weighted by molar-refractivity contribution is -0.152. The Balaban J connectivity index is 3.79. The average molecular weight is 140 g/mol. The number of hydrogen-bond donors (Lipinski definition) is 0. The van der Waals surface area contributed by atoms with Crippen molar-refractivity contribution < 1.29 is 14.3 Å². The van der Waals surface area contributed by atoms with E-state index in [-0.39, 0.29) is 0 Å². The third kappa shape index (κ3) is 3.60. The minimum absolute atomic E-state index is 0.674. The van der Waals surface area contributed by atoms with Crippen LogP contribution in [0.15, 0.2) is 24.8 Å². The van der Waals surface area contributed by atoms with Gasteiger partial charge in [0.15, 0.2) is 0 Å². The molecule has 0 bridgehead atoms. The van der Waals surface area contributed by atoms with Crippen LogP contribution in [-0.2, 0) is 14.3 Å². The first kappa shape index (κ1) is 8.62. The van der Waals surface area contributed by atoms with E-state index >= 15 is 0 Å². The Morgan fingerprint density at radius 3 is 2.40 bits per heavy atom. The summed E-state index contributed by atoms with van der Waals surface area (Å²) in [5.41, 5.74) is 0. The Morgan fingerprint density at radius 1 is 1.40 bits per heavy atom. The highest BCUT2D eigenvalue weighted by atomic mass is 16.6. The van der Waals surface area contributed by atoms with Crippen molar-refractivity contribution in [3.63, 3.8) is 0 Å². The zero-order chi connectivity index (χ0) is 7.98. The number of carbonyl (C=O) groups excluding carboxylic acids is 2. The highest BCUT2D eigenvalue weighted by Gasteiger charge is 2.00. The third-order valence-electron chi connectivity index (χ3n) is 0.671. The van der Waals surface area contributed by atoms with Gasteiger partial charge in [0.25, 0.3) is 0 Å². The van der Waals surface area contributed by atoms with Gasteiger partial charge in [0, 0.05) is 12.2 Å². The Labute approximate surface area is 59.0 Å². The van der Waals surface area contributed by atoms with Crippen LogP contribution < -0.4 is 0 Å². The fourth-order valence-electron chi connectivity index (χ4n) is 0.311. The molecule has 54 valence electrons. The summed E-state index contributed by atoms with van der Waals surface area (Å²) in [6, 6.07) is 0. The first-order chi connectivity index (χ1) is 4.70. The molecule has 10 heavy (non-hydrogen) atoms. The van der Waals surface area contributed by atoms with Crippen LogP contribution in [-0.4, -0.2) is 11.9 Å². The van der Waals surface area contributed by atoms with Gasteiger partial charge in [-0.05, 0) is 6.92 Å². The fraction of sp³-hybridized carbons (Fsp3) is 0.143. The quantitative estimate of drug-likeness (QED) is 0.324. The molecular weight excluding hydrogens is 132 g/mol. The molecule has 0 radical (unpaired) electrons. The molecule has 0 spiro atoms. The van der Waals surface area contributed by atoms with Gasteiger partial charge in [0.05, 0.1) is 0 Å². The smallest absolute Gasteiger partial charge is 0.338 e. The predicted molar refractivity (Wildman–Crippen MR) is 36.1 cm³/mol. The molecular formula is C7H8O3. The van der Waals surface area contributed by atoms with Crippen molar-refractivity contribution >= 4 is 11.9 Å². The second kappa shape index (κ2) is 4.49. The summed E-state index contributed by atoms with van der Waals surface area (Å²) in [5, 5.41) is 0. The van der Waals surface area contributed by atoms with Crippen molar-refractivity contribution in [3.8, 4) is 0 Å². The Kier molecular flexibility index (Phi) is 3.87. The zero-order valence-electron chi connectivity index (χ0n) is 5.66. The Morgan fingerprint density at radius 2 is 2.00 bits per heavy atom. The molecule has 0 atom stereocenters. The van der Waals surface area contributed by atoms with E-state index in [2.05, 4.69) is 11.3 Å². The lowest BCUT2D eigenvalue weighted by Crippen LogP contribution is -2.06. The van der Waals surface area contributed by atoms with Crippen LogP contribution >= 0.6 is 0 Å². The minimum Gasteiger partial charge on any atom is -0.387 e. The number of hydrogen-bond acceptors (Lipinski definition) is 3. The summed E-state index contributed by atoms with van der Waals surface area (Å²) in [7, 11) is 0. The van der Waals surface area contributed by atoms with Gasteiger partial charge in [0.2, 0.25) is 0 Å². The third-order valence-corrected chi connectivity index (χ3v) is 0.671. The Bertz CT molecular complexity index is 179. The number of rotatable bonds is 2. The van der Waals surface area contributed by atoms with Crippen molar-refractivity contribution in [2.45, 2.75) is 6.92 Å². The molecule has 0 amide bonds. The van der Waals surface area contributed by atoms with E-state index in [1.54, 1.807) is 6.92 Å². The highest BCUT2D eigenvalue weighted by molar-refractivity contribution is 5.96. The lowest BCUT2D eigenvalue weighted by atomic mass is 10.5. The molecule has 0 unspecified atom stereocenters. The molecule has 0 saturated carbocycles. The highest BCUT2D eigenvalue weighted by Crippen LogP contribution is 1.83. The van der Waals surface area contributed by atoms with Crippen LogP contribution in [0.25, 0.3) is 0 Å². The molecule has 0 aliphatic carbocycles. The van der Waals surface area contributed by atoms with Gasteiger partial charge in [-0.2, -0.15) is 0 Å². The van der Waals surface area contributed by atoms with E-state index in [1.165, 1.54) is 6.08 Å². The molecule has 0 fully saturated rings. The molecule has 0 aliphatic rings. The normalized spacial score (nSPS) is 9.30. The second-order valence-electron chi connectivity index (χ2n) is 1.44. The lowest BCUT2D eigenvalue weighted by Gasteiger charge is -1.91. The maximum absolute atomic E-state index is 10.4. The van der Waals surface area contributed by atoms with Gasteiger partial charge in [-0.3, -0.25) is 0 Å². The van der Waals surface area contributed by atoms with Gasteiger partial charge < -0.3 is 4.74 Å². The van der Waals surface area contributed by atoms with Crippen LogP contribution in [0.3, 0.4) is 0 Å². The number of ether oxygens (including phenoxy) is 1. The summed E-state index contributed by atoms with van der Waals surface area (Å²) in [6.07, 6.45) is 3.57. The van der Waals surface area contributed by atoms with E-state index in [0.29, 0.717) is 0 Å². The van der Waals surface area contributed by atoms with Crippen molar-refractivity contribution in [3.05, 3.63) is 24.8 Å². The molecule has 0 aromatic carbocycles. The van der Waals surface area contributed by atoms with E-state index in [9.17, 15) is 9.59 Å². The van der Waals surface area contributed by atoms with Gasteiger partial charge >= 0.3 is 11.9 Å². The standard InChI is InChI=1S/C7H8O3/c1-3-5-7(9)10-6(8)4-2/h3-5H,2H2,1H3/b5-3+. The van der Waals surface area contributed by atoms with Crippen molar-refractivity contribution in [1.82, 2.24) is 0 Å². The van der Waals surface area contributed by atoms with Gasteiger partial charge in [-0.1, -0.05) is 12.7 Å². The van der Waals surface area contributed by atoms with E-state index in [1.807, 2.05) is 0 Å². The minimum atomic E-state index is -0.733. The van der Waals surface area contributed by atoms with E-state index in [0.717, 1.165) is 12.2 Å². The van der Waals surface area contributed by atoms with Gasteiger partial charge in [-0.25, -0.2) is 9.59 Å². The van der Waals surface area contributed by atoms with Gasteiger partial charge in [0.1, 0.15) is 0 Å². The molecule has 0 aromatic rings. The number of allylic oxidation sites excluding steroid dienone is 1. The molecule has 3 nitrogen and oxygen atoms in total. The molecule has 0 N–H and O–H groups in total. The van der Waals surface area contributed by atoms with Gasteiger partial charge in [-0.15, -0.1) is 0 Å². The predicted octanol–water partition coefficient (Wildman–Crippen LogP) is 0.818. The number of carbonyl (C=O) groups is 2. The SMILES string of the molecule is C=CC(=O)OC(=O)/C=C/C. The van der Waals surface area contributed by atoms with Crippen molar-refractivity contribution in [1.29, 1.82) is 0 Å². The molecule has 0 aromatic heterocycles. The molecule has 3 heteroatoms. The monoisotopic (exact) mass is 140 g/mol. The zero-order valence-corrected chi connectivity index (χ0v) is 5.66. The first-order valence-corrected chi connectivity index (χ1v) is 2.71.